The number of aliphatic imine (C=N–C) groups is 1. The van der Waals surface area contributed by atoms with Gasteiger partial charge in [0, 0.05) is 16.8 Å². The molecule has 2 aliphatic rings. The maximum Gasteiger partial charge on any atom is 0.422 e. The zero-order chi connectivity index (χ0) is 24.5. The molecule has 7 nitrogen and oxygen atoms in total. The molecule has 0 N–H and O–H groups in total. The number of ether oxygens (including phenoxy) is 3. The Bertz CT molecular complexity index is 1170. The fraction of sp³-hybridized carbons (Fsp3) is 0.292. The number of amides is 1. The van der Waals surface area contributed by atoms with Crippen LogP contribution in [0.15, 0.2) is 64.9 Å². The Kier molecular flexibility index (Phi) is 6.32. The van der Waals surface area contributed by atoms with Gasteiger partial charge in [-0.15, -0.1) is 0 Å². The Labute approximate surface area is 193 Å². The molecule has 10 heteroatoms. The van der Waals surface area contributed by atoms with Crippen molar-refractivity contribution in [2.45, 2.75) is 19.1 Å². The van der Waals surface area contributed by atoms with Crippen molar-refractivity contribution in [3.8, 4) is 5.75 Å². The fourth-order valence-electron chi connectivity index (χ4n) is 3.71. The Morgan fingerprint density at radius 1 is 1.18 bits per heavy atom. The molecule has 0 aromatic heterocycles. The lowest BCUT2D eigenvalue weighted by atomic mass is 10.0. The largest absolute Gasteiger partial charge is 0.485 e. The summed E-state index contributed by atoms with van der Waals surface area (Å²) in [6, 6.07) is 12.2. The molecule has 0 bridgehead atoms. The highest BCUT2D eigenvalue weighted by Gasteiger charge is 2.38. The van der Waals surface area contributed by atoms with Crippen LogP contribution in [0.5, 0.6) is 5.75 Å². The number of methoxy groups -OCH3 is 1. The molecular formula is C24H21F3N2O5. The first-order valence-corrected chi connectivity index (χ1v) is 10.4. The molecule has 0 unspecified atom stereocenters. The number of benzene rings is 2. The average molecular weight is 474 g/mol. The van der Waals surface area contributed by atoms with Gasteiger partial charge in [-0.2, -0.15) is 13.2 Å². The van der Waals surface area contributed by atoms with E-state index < -0.39 is 24.7 Å². The maximum absolute atomic E-state index is 13.2. The van der Waals surface area contributed by atoms with Crippen molar-refractivity contribution in [2.75, 3.05) is 31.8 Å². The SMILES string of the molecule is COC(=O)c1ccc(N2CC3=C(OC[C@H](C)N=C3c3ccccc3OCC(F)(F)F)C2=O)cc1. The number of carbonyl (C=O) groups excluding carboxylic acids is 2. The maximum atomic E-state index is 13.2. The lowest BCUT2D eigenvalue weighted by Gasteiger charge is -2.19. The number of anilines is 1. The molecule has 0 fully saturated rings. The summed E-state index contributed by atoms with van der Waals surface area (Å²) in [6.45, 7) is 0.557. The monoisotopic (exact) mass is 474 g/mol. The quantitative estimate of drug-likeness (QED) is 0.614. The highest BCUT2D eigenvalue weighted by molar-refractivity contribution is 6.23. The van der Waals surface area contributed by atoms with Gasteiger partial charge < -0.3 is 19.1 Å². The molecule has 0 aliphatic carbocycles. The zero-order valence-corrected chi connectivity index (χ0v) is 18.4. The van der Waals surface area contributed by atoms with Crippen molar-refractivity contribution in [1.82, 2.24) is 0 Å². The molecule has 1 amide bonds. The zero-order valence-electron chi connectivity index (χ0n) is 18.4. The second-order valence-electron chi connectivity index (χ2n) is 7.78. The molecule has 1 atom stereocenters. The summed E-state index contributed by atoms with van der Waals surface area (Å²) in [5, 5.41) is 0. The van der Waals surface area contributed by atoms with Gasteiger partial charge in [-0.05, 0) is 43.3 Å². The minimum atomic E-state index is -4.50. The molecule has 2 aromatic rings. The van der Waals surface area contributed by atoms with Crippen molar-refractivity contribution in [1.29, 1.82) is 0 Å². The summed E-state index contributed by atoms with van der Waals surface area (Å²) in [5.74, 6) is -0.814. The van der Waals surface area contributed by atoms with Gasteiger partial charge in [-0.3, -0.25) is 9.79 Å². The van der Waals surface area contributed by atoms with E-state index in [-0.39, 0.29) is 30.7 Å². The number of alkyl halides is 3. The first-order chi connectivity index (χ1) is 16.2. The van der Waals surface area contributed by atoms with E-state index in [0.717, 1.165) is 0 Å². The third-order valence-corrected chi connectivity index (χ3v) is 5.27. The number of halogens is 3. The van der Waals surface area contributed by atoms with Crippen LogP contribution in [0.1, 0.15) is 22.8 Å². The van der Waals surface area contributed by atoms with E-state index in [1.54, 1.807) is 37.3 Å². The lowest BCUT2D eigenvalue weighted by molar-refractivity contribution is -0.153. The van der Waals surface area contributed by atoms with Gasteiger partial charge in [0.15, 0.2) is 12.4 Å². The van der Waals surface area contributed by atoms with Gasteiger partial charge in [0.05, 0.1) is 31.0 Å². The molecule has 0 saturated carbocycles. The number of carbonyl (C=O) groups is 2. The minimum Gasteiger partial charge on any atom is -0.485 e. The first-order valence-electron chi connectivity index (χ1n) is 10.4. The van der Waals surface area contributed by atoms with Crippen LogP contribution < -0.4 is 9.64 Å². The summed E-state index contributed by atoms with van der Waals surface area (Å²) in [6.07, 6.45) is -4.50. The van der Waals surface area contributed by atoms with Crippen molar-refractivity contribution >= 4 is 23.3 Å². The van der Waals surface area contributed by atoms with Gasteiger partial charge in [0.1, 0.15) is 12.4 Å². The average Bonchev–Trinajstić information content (AvgIpc) is 3.05. The number of para-hydroxylation sites is 1. The predicted octanol–water partition coefficient (Wildman–Crippen LogP) is 3.92. The molecule has 2 aromatic carbocycles. The molecule has 2 aliphatic heterocycles. The van der Waals surface area contributed by atoms with E-state index in [4.69, 9.17) is 14.2 Å². The van der Waals surface area contributed by atoms with Crippen molar-refractivity contribution in [3.63, 3.8) is 0 Å². The van der Waals surface area contributed by atoms with Gasteiger partial charge in [-0.25, -0.2) is 4.79 Å². The summed E-state index contributed by atoms with van der Waals surface area (Å²) >= 11 is 0. The first kappa shape index (κ1) is 23.3. The van der Waals surface area contributed by atoms with E-state index in [0.29, 0.717) is 28.1 Å². The number of esters is 1. The van der Waals surface area contributed by atoms with E-state index in [1.165, 1.54) is 30.2 Å². The summed E-state index contributed by atoms with van der Waals surface area (Å²) < 4.78 is 53.9. The third-order valence-electron chi connectivity index (χ3n) is 5.27. The third kappa shape index (κ3) is 4.75. The molecule has 0 radical (unpaired) electrons. The van der Waals surface area contributed by atoms with Crippen molar-refractivity contribution in [2.24, 2.45) is 4.99 Å². The number of rotatable bonds is 5. The number of hydrogen-bond acceptors (Lipinski definition) is 6. The second kappa shape index (κ2) is 9.20. The van der Waals surface area contributed by atoms with Crippen LogP contribution in [-0.4, -0.2) is 56.7 Å². The Balaban J connectivity index is 1.68. The summed E-state index contributed by atoms with van der Waals surface area (Å²) in [4.78, 5) is 31.0. The van der Waals surface area contributed by atoms with E-state index in [9.17, 15) is 22.8 Å². The normalized spacial score (nSPS) is 18.1. The van der Waals surface area contributed by atoms with Crippen molar-refractivity contribution in [3.05, 3.63) is 71.0 Å². The van der Waals surface area contributed by atoms with Gasteiger partial charge in [0.2, 0.25) is 0 Å². The van der Waals surface area contributed by atoms with Crippen LogP contribution in [-0.2, 0) is 14.3 Å². The molecular weight excluding hydrogens is 453 g/mol. The molecule has 34 heavy (non-hydrogen) atoms. The van der Waals surface area contributed by atoms with E-state index in [1.807, 2.05) is 0 Å². The molecule has 0 saturated heterocycles. The van der Waals surface area contributed by atoms with Gasteiger partial charge in [0.25, 0.3) is 5.91 Å². The van der Waals surface area contributed by atoms with Crippen molar-refractivity contribution < 1.29 is 37.0 Å². The van der Waals surface area contributed by atoms with Crippen LogP contribution in [0.2, 0.25) is 0 Å². The van der Waals surface area contributed by atoms with Crippen LogP contribution in [0, 0.1) is 0 Å². The molecule has 0 spiro atoms. The molecule has 2 heterocycles. The Morgan fingerprint density at radius 3 is 2.56 bits per heavy atom. The standard InChI is InChI=1S/C24H21F3N2O5/c1-14-12-33-21-18(11-29(22(21)30)16-9-7-15(8-10-16)23(31)32-2)20(28-14)17-5-3-4-6-19(17)34-13-24(25,26)27/h3-10,14H,11-13H2,1-2H3/t14-/m0/s1. The number of hydrogen-bond donors (Lipinski definition) is 0. The predicted molar refractivity (Wildman–Crippen MR) is 117 cm³/mol. The van der Waals surface area contributed by atoms with E-state index in [2.05, 4.69) is 4.99 Å². The summed E-state index contributed by atoms with van der Waals surface area (Å²) in [5.41, 5.74) is 1.99. The van der Waals surface area contributed by atoms with E-state index >= 15 is 0 Å². The highest BCUT2D eigenvalue weighted by Crippen LogP contribution is 2.34. The highest BCUT2D eigenvalue weighted by atomic mass is 19.4. The second-order valence-corrected chi connectivity index (χ2v) is 7.78. The summed E-state index contributed by atoms with van der Waals surface area (Å²) in [7, 11) is 1.27. The smallest absolute Gasteiger partial charge is 0.422 e. The van der Waals surface area contributed by atoms with Crippen LogP contribution in [0.3, 0.4) is 0 Å². The fourth-order valence-corrected chi connectivity index (χ4v) is 3.71. The molecule has 178 valence electrons. The van der Waals surface area contributed by atoms with Crippen LogP contribution >= 0.6 is 0 Å². The van der Waals surface area contributed by atoms with Gasteiger partial charge in [-0.1, -0.05) is 12.1 Å². The van der Waals surface area contributed by atoms with Crippen LogP contribution in [0.4, 0.5) is 18.9 Å². The Morgan fingerprint density at radius 2 is 1.88 bits per heavy atom. The van der Waals surface area contributed by atoms with Gasteiger partial charge >= 0.3 is 12.1 Å². The van der Waals surface area contributed by atoms with Crippen LogP contribution in [0.25, 0.3) is 0 Å². The Hall–Kier alpha value is -3.82. The lowest BCUT2D eigenvalue weighted by Crippen LogP contribution is -2.29. The minimum absolute atomic E-state index is 0.00727. The number of nitrogens with zero attached hydrogens (tertiary/aromatic N) is 2. The molecule has 4 rings (SSSR count). The topological polar surface area (TPSA) is 77.4 Å².